The molecule has 1 aliphatic rings. The van der Waals surface area contributed by atoms with Gasteiger partial charge in [-0.1, -0.05) is 6.07 Å². The standard InChI is InChI=1S/C32H33F7N4O2/c1-18-10-23(33)6-7-25(18)26-14-28(43-9-8-24(17-43)40-15-19(2)44)41-16-27(26)42(5)29(45)30(3,4)20-11-21(31(34,35)36)13-22(12-20)32(37,38)39/h6-7,10-14,16,24,40H,8-9,15,17H2,1-5H3/t24-/m0/s1. The number of nitrogens with zero attached hydrogens (tertiary/aromatic N) is 3. The normalized spacial score (nSPS) is 15.8. The number of amides is 1. The van der Waals surface area contributed by atoms with Crippen LogP contribution in [0.25, 0.3) is 11.1 Å². The summed E-state index contributed by atoms with van der Waals surface area (Å²) in [6.07, 6.45) is -8.01. The molecule has 0 aliphatic carbocycles. The number of likely N-dealkylation sites (N-methyl/N-ethyl adjacent to an activating group) is 1. The Morgan fingerprint density at radius 3 is 2.11 bits per heavy atom. The number of rotatable bonds is 8. The van der Waals surface area contributed by atoms with Crippen molar-refractivity contribution >= 4 is 23.2 Å². The predicted molar refractivity (Wildman–Crippen MR) is 157 cm³/mol. The van der Waals surface area contributed by atoms with Crippen molar-refractivity contribution in [2.45, 2.75) is 57.9 Å². The lowest BCUT2D eigenvalue weighted by atomic mass is 9.81. The van der Waals surface area contributed by atoms with E-state index in [0.29, 0.717) is 47.7 Å². The minimum absolute atomic E-state index is 0.000362. The van der Waals surface area contributed by atoms with Crippen molar-refractivity contribution < 1.29 is 40.3 Å². The molecule has 1 fully saturated rings. The number of anilines is 2. The molecule has 6 nitrogen and oxygen atoms in total. The fraction of sp³-hybridized carbons (Fsp3) is 0.406. The van der Waals surface area contributed by atoms with E-state index in [2.05, 4.69) is 10.3 Å². The van der Waals surface area contributed by atoms with Gasteiger partial charge in [0.05, 0.1) is 35.0 Å². The highest BCUT2D eigenvalue weighted by atomic mass is 19.4. The molecular weight excluding hydrogens is 605 g/mol. The zero-order valence-electron chi connectivity index (χ0n) is 25.3. The van der Waals surface area contributed by atoms with Gasteiger partial charge in [0.2, 0.25) is 5.91 Å². The molecule has 1 atom stereocenters. The average Bonchev–Trinajstić information content (AvgIpc) is 3.43. The van der Waals surface area contributed by atoms with Crippen LogP contribution < -0.4 is 15.1 Å². The second-order valence-electron chi connectivity index (χ2n) is 11.8. The van der Waals surface area contributed by atoms with Gasteiger partial charge in [-0.2, -0.15) is 26.3 Å². The first kappa shape index (κ1) is 33.9. The Kier molecular flexibility index (Phi) is 9.35. The van der Waals surface area contributed by atoms with Gasteiger partial charge < -0.3 is 15.1 Å². The number of hydrogen-bond acceptors (Lipinski definition) is 5. The maximum Gasteiger partial charge on any atom is 0.416 e. The fourth-order valence-corrected chi connectivity index (χ4v) is 5.41. The first-order chi connectivity index (χ1) is 20.8. The number of ketones is 1. The number of Topliss-reactive ketones (excluding diaryl/α,β-unsaturated/α-hetero) is 1. The maximum absolute atomic E-state index is 14.0. The summed E-state index contributed by atoms with van der Waals surface area (Å²) in [6, 6.07) is 6.96. The Hall–Kier alpha value is -4.00. The summed E-state index contributed by atoms with van der Waals surface area (Å²) in [7, 11) is 1.36. The lowest BCUT2D eigenvalue weighted by Gasteiger charge is -2.32. The van der Waals surface area contributed by atoms with E-state index < -0.39 is 46.2 Å². The Labute approximate surface area is 256 Å². The van der Waals surface area contributed by atoms with Crippen molar-refractivity contribution in [3.8, 4) is 11.1 Å². The molecule has 4 rings (SSSR count). The number of carbonyl (C=O) groups excluding carboxylic acids is 2. The highest BCUT2D eigenvalue weighted by Crippen LogP contribution is 2.41. The summed E-state index contributed by atoms with van der Waals surface area (Å²) in [5.41, 5.74) is -3.58. The van der Waals surface area contributed by atoms with Gasteiger partial charge in [0.1, 0.15) is 17.4 Å². The third-order valence-corrected chi connectivity index (χ3v) is 8.01. The highest BCUT2D eigenvalue weighted by molar-refractivity contribution is 6.03. The molecule has 0 spiro atoms. The quantitative estimate of drug-likeness (QED) is 0.271. The van der Waals surface area contributed by atoms with Gasteiger partial charge in [-0.15, -0.1) is 0 Å². The molecule has 3 aromatic rings. The summed E-state index contributed by atoms with van der Waals surface area (Å²) in [5.74, 6) is -0.737. The van der Waals surface area contributed by atoms with Crippen molar-refractivity contribution in [2.75, 3.05) is 36.5 Å². The first-order valence-corrected chi connectivity index (χ1v) is 14.1. The fourth-order valence-electron chi connectivity index (χ4n) is 5.41. The van der Waals surface area contributed by atoms with Crippen LogP contribution in [0.2, 0.25) is 0 Å². The second-order valence-corrected chi connectivity index (χ2v) is 11.8. The predicted octanol–water partition coefficient (Wildman–Crippen LogP) is 6.93. The van der Waals surface area contributed by atoms with Gasteiger partial charge in [0.25, 0.3) is 0 Å². The molecule has 1 aromatic heterocycles. The maximum atomic E-state index is 14.0. The van der Waals surface area contributed by atoms with Crippen LogP contribution in [0.1, 0.15) is 49.4 Å². The zero-order chi connectivity index (χ0) is 33.5. The summed E-state index contributed by atoms with van der Waals surface area (Å²) < 4.78 is 95.7. The lowest BCUT2D eigenvalue weighted by molar-refractivity contribution is -0.143. The summed E-state index contributed by atoms with van der Waals surface area (Å²) >= 11 is 0. The van der Waals surface area contributed by atoms with Gasteiger partial charge in [-0.05, 0) is 87.2 Å². The third-order valence-electron chi connectivity index (χ3n) is 8.01. The van der Waals surface area contributed by atoms with Crippen molar-refractivity contribution in [1.29, 1.82) is 0 Å². The number of carbonyl (C=O) groups is 2. The Bertz CT molecular complexity index is 1570. The molecule has 1 aliphatic heterocycles. The van der Waals surface area contributed by atoms with Crippen LogP contribution in [0, 0.1) is 12.7 Å². The smallest absolute Gasteiger partial charge is 0.355 e. The van der Waals surface area contributed by atoms with Gasteiger partial charge in [0, 0.05) is 31.7 Å². The Morgan fingerprint density at radius 1 is 0.956 bits per heavy atom. The van der Waals surface area contributed by atoms with E-state index in [9.17, 15) is 40.3 Å². The molecule has 1 saturated heterocycles. The van der Waals surface area contributed by atoms with E-state index >= 15 is 0 Å². The van der Waals surface area contributed by atoms with Crippen LogP contribution in [-0.2, 0) is 27.4 Å². The summed E-state index contributed by atoms with van der Waals surface area (Å²) in [4.78, 5) is 33.0. The Balaban J connectivity index is 1.76. The number of hydrogen-bond donors (Lipinski definition) is 1. The van der Waals surface area contributed by atoms with Gasteiger partial charge in [-0.3, -0.25) is 9.59 Å². The monoisotopic (exact) mass is 638 g/mol. The molecule has 242 valence electrons. The van der Waals surface area contributed by atoms with Crippen LogP contribution in [0.5, 0.6) is 0 Å². The number of aryl methyl sites for hydroxylation is 1. The van der Waals surface area contributed by atoms with Crippen molar-refractivity contribution in [1.82, 2.24) is 10.3 Å². The second kappa shape index (κ2) is 12.4. The minimum Gasteiger partial charge on any atom is -0.355 e. The number of benzene rings is 2. The molecule has 0 bridgehead atoms. The van der Waals surface area contributed by atoms with Crippen LogP contribution in [0.15, 0.2) is 48.7 Å². The zero-order valence-corrected chi connectivity index (χ0v) is 25.3. The van der Waals surface area contributed by atoms with E-state index in [0.717, 1.165) is 11.3 Å². The minimum atomic E-state index is -5.08. The number of nitrogens with one attached hydrogen (secondary N) is 1. The third kappa shape index (κ3) is 7.46. The summed E-state index contributed by atoms with van der Waals surface area (Å²) in [5, 5.41) is 3.19. The molecule has 1 N–H and O–H groups in total. The van der Waals surface area contributed by atoms with Gasteiger partial charge in [-0.25, -0.2) is 9.37 Å². The number of halogens is 7. The molecule has 2 heterocycles. The highest BCUT2D eigenvalue weighted by Gasteiger charge is 2.41. The van der Waals surface area contributed by atoms with Crippen LogP contribution >= 0.6 is 0 Å². The molecule has 2 aromatic carbocycles. The van der Waals surface area contributed by atoms with Crippen LogP contribution in [-0.4, -0.2) is 49.4 Å². The van der Waals surface area contributed by atoms with Crippen LogP contribution in [0.4, 0.5) is 42.2 Å². The Morgan fingerprint density at radius 2 is 1.56 bits per heavy atom. The average molecular weight is 639 g/mol. The topological polar surface area (TPSA) is 65.5 Å². The number of aromatic nitrogens is 1. The molecule has 0 saturated carbocycles. The molecule has 1 amide bonds. The molecule has 0 unspecified atom stereocenters. The van der Waals surface area contributed by atoms with E-state index in [1.165, 1.54) is 52.2 Å². The molecule has 0 radical (unpaired) electrons. The van der Waals surface area contributed by atoms with E-state index in [1.807, 2.05) is 4.90 Å². The molecule has 45 heavy (non-hydrogen) atoms. The number of alkyl halides is 6. The van der Waals surface area contributed by atoms with Gasteiger partial charge >= 0.3 is 12.4 Å². The van der Waals surface area contributed by atoms with Crippen molar-refractivity contribution in [3.63, 3.8) is 0 Å². The van der Waals surface area contributed by atoms with Gasteiger partial charge in [0.15, 0.2) is 0 Å². The van der Waals surface area contributed by atoms with E-state index in [4.69, 9.17) is 0 Å². The molecular formula is C32H33F7N4O2. The SMILES string of the molecule is CC(=O)CN[C@H]1CCN(c2cc(-c3ccc(F)cc3C)c(N(C)C(=O)C(C)(C)c3cc(C(F)(F)F)cc(C(F)(F)F)c3)cn2)C1. The summed E-state index contributed by atoms with van der Waals surface area (Å²) in [6.45, 7) is 7.05. The number of pyridine rings is 1. The lowest BCUT2D eigenvalue weighted by Crippen LogP contribution is -2.42. The molecule has 13 heteroatoms. The van der Waals surface area contributed by atoms with Crippen molar-refractivity contribution in [2.24, 2.45) is 0 Å². The van der Waals surface area contributed by atoms with E-state index in [1.54, 1.807) is 13.0 Å². The largest absolute Gasteiger partial charge is 0.416 e. The van der Waals surface area contributed by atoms with Crippen LogP contribution in [0.3, 0.4) is 0 Å². The van der Waals surface area contributed by atoms with Crippen molar-refractivity contribution in [3.05, 3.63) is 76.7 Å². The first-order valence-electron chi connectivity index (χ1n) is 14.1. The van der Waals surface area contributed by atoms with E-state index in [-0.39, 0.29) is 30.1 Å².